The van der Waals surface area contributed by atoms with E-state index < -0.39 is 27.9 Å². The Morgan fingerprint density at radius 3 is 2.16 bits per heavy atom. The van der Waals surface area contributed by atoms with Crippen molar-refractivity contribution >= 4 is 39.1 Å². The number of imide groups is 1. The molecule has 1 atom stereocenters. The van der Waals surface area contributed by atoms with Crippen LogP contribution in [-0.2, 0) is 19.6 Å². The molecular formula is C23H25ClN2O4S. The molecule has 6 nitrogen and oxygen atoms in total. The van der Waals surface area contributed by atoms with E-state index in [0.717, 1.165) is 29.7 Å². The highest BCUT2D eigenvalue weighted by atomic mass is 35.5. The number of carbonyl (C=O) groups is 2. The number of anilines is 1. The maximum Gasteiger partial charge on any atom is 0.252 e. The molecule has 8 heteroatoms. The summed E-state index contributed by atoms with van der Waals surface area (Å²) in [6.45, 7) is 1.89. The van der Waals surface area contributed by atoms with Crippen LogP contribution in [0.1, 0.15) is 44.1 Å². The van der Waals surface area contributed by atoms with Gasteiger partial charge in [0.05, 0.1) is 17.0 Å². The maximum atomic E-state index is 13.7. The highest BCUT2D eigenvalue weighted by Crippen LogP contribution is 2.35. The van der Waals surface area contributed by atoms with Crippen LogP contribution in [0.25, 0.3) is 0 Å². The van der Waals surface area contributed by atoms with Crippen molar-refractivity contribution in [3.8, 4) is 0 Å². The van der Waals surface area contributed by atoms with Gasteiger partial charge in [-0.25, -0.2) is 13.3 Å². The molecule has 2 aromatic rings. The molecule has 4 rings (SSSR count). The van der Waals surface area contributed by atoms with Crippen molar-refractivity contribution in [3.63, 3.8) is 0 Å². The van der Waals surface area contributed by atoms with Crippen LogP contribution in [0.2, 0.25) is 5.02 Å². The Morgan fingerprint density at radius 1 is 0.935 bits per heavy atom. The molecule has 0 aromatic heterocycles. The Bertz CT molecular complexity index is 1080. The van der Waals surface area contributed by atoms with E-state index in [1.165, 1.54) is 4.31 Å². The van der Waals surface area contributed by atoms with Crippen LogP contribution in [-0.4, -0.2) is 36.6 Å². The number of carbonyl (C=O) groups excluding carboxylic acids is 2. The third kappa shape index (κ3) is 4.27. The predicted molar refractivity (Wildman–Crippen MR) is 119 cm³/mol. The van der Waals surface area contributed by atoms with E-state index in [1.54, 1.807) is 48.5 Å². The minimum atomic E-state index is -3.96. The molecule has 0 radical (unpaired) electrons. The molecule has 1 saturated heterocycles. The highest BCUT2D eigenvalue weighted by molar-refractivity contribution is 7.89. The maximum absolute atomic E-state index is 13.7. The SMILES string of the molecule is Cc1ccc(S(=O)(=O)N(C2CCCCC2)C2CC(=O)N(c3ccc(Cl)cc3)C2=O)cc1. The Hall–Kier alpha value is -2.22. The van der Waals surface area contributed by atoms with Gasteiger partial charge in [0.2, 0.25) is 15.9 Å². The van der Waals surface area contributed by atoms with Gasteiger partial charge in [0.15, 0.2) is 0 Å². The largest absolute Gasteiger partial charge is 0.274 e. The number of hydrogen-bond donors (Lipinski definition) is 0. The molecule has 2 aliphatic rings. The second-order valence-electron chi connectivity index (χ2n) is 8.20. The predicted octanol–water partition coefficient (Wildman–Crippen LogP) is 4.30. The Kier molecular flexibility index (Phi) is 6.19. The van der Waals surface area contributed by atoms with E-state index >= 15 is 0 Å². The van der Waals surface area contributed by atoms with Crippen LogP contribution >= 0.6 is 11.6 Å². The van der Waals surface area contributed by atoms with Gasteiger partial charge >= 0.3 is 0 Å². The summed E-state index contributed by atoms with van der Waals surface area (Å²) in [6.07, 6.45) is 4.06. The van der Waals surface area contributed by atoms with Gasteiger partial charge in [-0.15, -0.1) is 0 Å². The molecule has 2 fully saturated rings. The van der Waals surface area contributed by atoms with Crippen LogP contribution in [0.4, 0.5) is 5.69 Å². The fourth-order valence-electron chi connectivity index (χ4n) is 4.46. The van der Waals surface area contributed by atoms with Crippen LogP contribution in [0.15, 0.2) is 53.4 Å². The summed E-state index contributed by atoms with van der Waals surface area (Å²) in [6, 6.07) is 11.7. The molecule has 2 aromatic carbocycles. The summed E-state index contributed by atoms with van der Waals surface area (Å²) in [4.78, 5) is 27.4. The third-order valence-electron chi connectivity index (χ3n) is 6.05. The number of aryl methyl sites for hydroxylation is 1. The van der Waals surface area contributed by atoms with E-state index in [9.17, 15) is 18.0 Å². The fraction of sp³-hybridized carbons (Fsp3) is 0.391. The number of halogens is 1. The molecule has 164 valence electrons. The quantitative estimate of drug-likeness (QED) is 0.623. The van der Waals surface area contributed by atoms with Gasteiger partial charge in [0, 0.05) is 11.1 Å². The monoisotopic (exact) mass is 460 g/mol. The molecule has 1 aliphatic heterocycles. The van der Waals surface area contributed by atoms with E-state index in [2.05, 4.69) is 0 Å². The van der Waals surface area contributed by atoms with Gasteiger partial charge in [-0.2, -0.15) is 4.31 Å². The van der Waals surface area contributed by atoms with E-state index in [-0.39, 0.29) is 17.4 Å². The van der Waals surface area contributed by atoms with Crippen molar-refractivity contribution in [1.29, 1.82) is 0 Å². The number of sulfonamides is 1. The molecule has 0 spiro atoms. The summed E-state index contributed by atoms with van der Waals surface area (Å²) >= 11 is 5.93. The van der Waals surface area contributed by atoms with Crippen molar-refractivity contribution in [3.05, 3.63) is 59.1 Å². The smallest absolute Gasteiger partial charge is 0.252 e. The van der Waals surface area contributed by atoms with Crippen LogP contribution in [0.5, 0.6) is 0 Å². The number of nitrogens with zero attached hydrogens (tertiary/aromatic N) is 2. The average Bonchev–Trinajstić information content (AvgIpc) is 3.03. The molecule has 0 bridgehead atoms. The molecule has 0 N–H and O–H groups in total. The molecule has 1 saturated carbocycles. The van der Waals surface area contributed by atoms with Crippen molar-refractivity contribution in [2.75, 3.05) is 4.90 Å². The average molecular weight is 461 g/mol. The Balaban J connectivity index is 1.73. The first-order chi connectivity index (χ1) is 14.8. The number of rotatable bonds is 5. The summed E-state index contributed by atoms with van der Waals surface area (Å²) in [5, 5.41) is 0.491. The Morgan fingerprint density at radius 2 is 1.55 bits per heavy atom. The van der Waals surface area contributed by atoms with Gasteiger partial charge in [-0.3, -0.25) is 9.59 Å². The van der Waals surface area contributed by atoms with Crippen molar-refractivity contribution in [2.45, 2.75) is 62.4 Å². The lowest BCUT2D eigenvalue weighted by atomic mass is 9.94. The van der Waals surface area contributed by atoms with Crippen LogP contribution < -0.4 is 4.90 Å². The minimum absolute atomic E-state index is 0.147. The second-order valence-corrected chi connectivity index (χ2v) is 10.5. The lowest BCUT2D eigenvalue weighted by Crippen LogP contribution is -2.51. The standard InChI is InChI=1S/C23H25ClN2O4S/c1-16-7-13-20(14-8-16)31(29,30)26(19-5-3-2-4-6-19)21-15-22(27)25(23(21)28)18-11-9-17(24)10-12-18/h7-14,19,21H,2-6,15H2,1H3. The lowest BCUT2D eigenvalue weighted by Gasteiger charge is -2.36. The van der Waals surface area contributed by atoms with Crippen molar-refractivity contribution in [1.82, 2.24) is 4.31 Å². The number of hydrogen-bond acceptors (Lipinski definition) is 4. The zero-order valence-corrected chi connectivity index (χ0v) is 18.9. The molecule has 1 aliphatic carbocycles. The van der Waals surface area contributed by atoms with Gasteiger partial charge in [-0.1, -0.05) is 48.6 Å². The van der Waals surface area contributed by atoms with E-state index in [4.69, 9.17) is 11.6 Å². The third-order valence-corrected chi connectivity index (χ3v) is 8.27. The molecule has 2 amide bonds. The van der Waals surface area contributed by atoms with Gasteiger partial charge < -0.3 is 0 Å². The molecule has 31 heavy (non-hydrogen) atoms. The first-order valence-corrected chi connectivity index (χ1v) is 12.3. The first-order valence-electron chi connectivity index (χ1n) is 10.5. The second kappa shape index (κ2) is 8.73. The zero-order chi connectivity index (χ0) is 22.2. The Labute approximate surface area is 187 Å². The number of amides is 2. The molecule has 1 heterocycles. The first kappa shape index (κ1) is 22.0. The zero-order valence-electron chi connectivity index (χ0n) is 17.3. The fourth-order valence-corrected chi connectivity index (χ4v) is 6.41. The summed E-state index contributed by atoms with van der Waals surface area (Å²) in [7, 11) is -3.96. The van der Waals surface area contributed by atoms with Gasteiger partial charge in [-0.05, 0) is 56.2 Å². The molecule has 1 unspecified atom stereocenters. The summed E-state index contributed by atoms with van der Waals surface area (Å²) < 4.78 is 28.7. The lowest BCUT2D eigenvalue weighted by molar-refractivity contribution is -0.122. The van der Waals surface area contributed by atoms with Crippen LogP contribution in [0, 0.1) is 6.92 Å². The van der Waals surface area contributed by atoms with E-state index in [0.29, 0.717) is 23.6 Å². The summed E-state index contributed by atoms with van der Waals surface area (Å²) in [5.41, 5.74) is 1.35. The van der Waals surface area contributed by atoms with Crippen LogP contribution in [0.3, 0.4) is 0 Å². The molecular weight excluding hydrogens is 436 g/mol. The summed E-state index contributed by atoms with van der Waals surface area (Å²) in [5.74, 6) is -0.911. The van der Waals surface area contributed by atoms with Crippen molar-refractivity contribution < 1.29 is 18.0 Å². The normalized spacial score (nSPS) is 20.6. The van der Waals surface area contributed by atoms with Crippen molar-refractivity contribution in [2.24, 2.45) is 0 Å². The van der Waals surface area contributed by atoms with E-state index in [1.807, 2.05) is 6.92 Å². The van der Waals surface area contributed by atoms with Gasteiger partial charge in [0.1, 0.15) is 6.04 Å². The van der Waals surface area contributed by atoms with Gasteiger partial charge in [0.25, 0.3) is 5.91 Å². The highest BCUT2D eigenvalue weighted by Gasteiger charge is 2.49. The number of benzene rings is 2. The topological polar surface area (TPSA) is 74.8 Å². The minimum Gasteiger partial charge on any atom is -0.274 e.